The lowest BCUT2D eigenvalue weighted by Gasteiger charge is -2.14. The molecule has 10 nitrogen and oxygen atoms in total. The van der Waals surface area contributed by atoms with Crippen LogP contribution in [0.25, 0.3) is 10.2 Å². The summed E-state index contributed by atoms with van der Waals surface area (Å²) < 4.78 is 13.5. The number of nitrogens with one attached hydrogen (secondary N) is 2. The maximum absolute atomic E-state index is 13.3. The van der Waals surface area contributed by atoms with E-state index in [1.807, 2.05) is 44.2 Å². The van der Waals surface area contributed by atoms with Crippen molar-refractivity contribution in [3.05, 3.63) is 85.4 Å². The molecule has 2 N–H and O–H groups in total. The maximum Gasteiger partial charge on any atom is 0.332 e. The van der Waals surface area contributed by atoms with Gasteiger partial charge in [-0.25, -0.2) is 4.79 Å². The van der Waals surface area contributed by atoms with Crippen LogP contribution < -0.4 is 31.4 Å². The number of aromatic nitrogens is 2. The maximum atomic E-state index is 13.3. The van der Waals surface area contributed by atoms with Crippen molar-refractivity contribution in [3.8, 4) is 11.5 Å². The van der Waals surface area contributed by atoms with Gasteiger partial charge in [0.1, 0.15) is 11.2 Å². The molecule has 0 saturated heterocycles. The molecule has 5 rings (SSSR count). The number of nitrogens with zero attached hydrogens (tertiary/aromatic N) is 2. The monoisotopic (exact) mass is 548 g/mol. The lowest BCUT2D eigenvalue weighted by atomic mass is 10.1. The summed E-state index contributed by atoms with van der Waals surface area (Å²) in [7, 11) is 0. The summed E-state index contributed by atoms with van der Waals surface area (Å²) >= 11 is 1.22. The zero-order valence-electron chi connectivity index (χ0n) is 21.6. The zero-order chi connectivity index (χ0) is 27.5. The molecule has 11 heteroatoms. The molecule has 1 aliphatic rings. The minimum Gasteiger partial charge on any atom is -0.454 e. The Morgan fingerprint density at radius 3 is 2.54 bits per heavy atom. The third kappa shape index (κ3) is 5.58. The molecule has 0 bridgehead atoms. The third-order valence-electron chi connectivity index (χ3n) is 6.60. The minimum atomic E-state index is -0.580. The lowest BCUT2D eigenvalue weighted by Crippen LogP contribution is -2.41. The molecule has 202 valence electrons. The van der Waals surface area contributed by atoms with E-state index in [4.69, 9.17) is 9.47 Å². The first-order valence-electron chi connectivity index (χ1n) is 12.5. The molecule has 0 radical (unpaired) electrons. The Hall–Kier alpha value is -4.38. The Morgan fingerprint density at radius 1 is 0.974 bits per heavy atom. The van der Waals surface area contributed by atoms with Crippen molar-refractivity contribution in [1.29, 1.82) is 0 Å². The number of rotatable bonds is 9. The normalized spacial score (nSPS) is 12.1. The van der Waals surface area contributed by atoms with Gasteiger partial charge in [0.05, 0.1) is 5.52 Å². The van der Waals surface area contributed by atoms with Crippen molar-refractivity contribution in [3.63, 3.8) is 0 Å². The third-order valence-corrected chi connectivity index (χ3v) is 7.49. The predicted molar refractivity (Wildman–Crippen MR) is 149 cm³/mol. The fourth-order valence-corrected chi connectivity index (χ4v) is 5.40. The number of hydrogen-bond acceptors (Lipinski definition) is 7. The highest BCUT2D eigenvalue weighted by Gasteiger charge is 2.18. The molecule has 39 heavy (non-hydrogen) atoms. The summed E-state index contributed by atoms with van der Waals surface area (Å²) in [5.74, 6) is 0.747. The van der Waals surface area contributed by atoms with E-state index in [9.17, 15) is 19.2 Å². The number of amides is 2. The number of carbonyl (C=O) groups is 2. The van der Waals surface area contributed by atoms with Crippen LogP contribution >= 0.6 is 11.3 Å². The van der Waals surface area contributed by atoms with Gasteiger partial charge < -0.3 is 20.1 Å². The Morgan fingerprint density at radius 2 is 1.74 bits per heavy atom. The molecule has 0 atom stereocenters. The molecular formula is C28H28N4O6S. The van der Waals surface area contributed by atoms with E-state index >= 15 is 0 Å². The van der Waals surface area contributed by atoms with Crippen LogP contribution in [-0.4, -0.2) is 27.7 Å². The average molecular weight is 549 g/mol. The van der Waals surface area contributed by atoms with E-state index in [1.54, 1.807) is 17.5 Å². The minimum absolute atomic E-state index is 0.0570. The number of benzene rings is 2. The van der Waals surface area contributed by atoms with Crippen LogP contribution in [0.15, 0.2) is 57.4 Å². The highest BCUT2D eigenvalue weighted by atomic mass is 32.1. The molecule has 2 aromatic carbocycles. The topological polar surface area (TPSA) is 121 Å². The average Bonchev–Trinajstić information content (AvgIpc) is 3.59. The second-order valence-corrected chi connectivity index (χ2v) is 10.3. The number of hydrogen-bond donors (Lipinski definition) is 2. The highest BCUT2D eigenvalue weighted by Crippen LogP contribution is 2.32. The van der Waals surface area contributed by atoms with Crippen LogP contribution in [0.5, 0.6) is 11.5 Å². The van der Waals surface area contributed by atoms with Crippen molar-refractivity contribution in [2.24, 2.45) is 0 Å². The first kappa shape index (κ1) is 26.2. The van der Waals surface area contributed by atoms with Crippen molar-refractivity contribution >= 4 is 39.1 Å². The summed E-state index contributed by atoms with van der Waals surface area (Å²) in [4.78, 5) is 51.7. The van der Waals surface area contributed by atoms with Gasteiger partial charge in [-0.3, -0.25) is 23.5 Å². The number of fused-ring (bicyclic) bond motifs is 2. The summed E-state index contributed by atoms with van der Waals surface area (Å²) in [6.45, 7) is 4.12. The van der Waals surface area contributed by atoms with E-state index in [0.717, 1.165) is 21.3 Å². The van der Waals surface area contributed by atoms with Gasteiger partial charge in [0.15, 0.2) is 11.5 Å². The van der Waals surface area contributed by atoms with Gasteiger partial charge in [-0.1, -0.05) is 24.3 Å². The Kier molecular flexibility index (Phi) is 7.51. The standard InChI is InChI=1S/C28H28N4O6S/c1-17-5-3-6-18(2)25(17)30-24(34)15-32-20-10-12-39-26(20)27(35)31(28(32)36)11-4-7-23(33)29-14-19-8-9-21-22(13-19)38-16-37-21/h3,5-6,8-10,12-13H,4,7,11,14-16H2,1-2H3,(H,29,33)(H,30,34). The van der Waals surface area contributed by atoms with Gasteiger partial charge in [-0.15, -0.1) is 11.3 Å². The number of carbonyl (C=O) groups excluding carboxylic acids is 2. The molecule has 0 spiro atoms. The van der Waals surface area contributed by atoms with Gasteiger partial charge in [-0.2, -0.15) is 0 Å². The molecule has 2 aromatic heterocycles. The first-order chi connectivity index (χ1) is 18.8. The number of para-hydroxylation sites is 1. The molecule has 0 aliphatic carbocycles. The number of thiophene rings is 1. The van der Waals surface area contributed by atoms with Crippen LogP contribution in [0.4, 0.5) is 5.69 Å². The van der Waals surface area contributed by atoms with E-state index < -0.39 is 11.2 Å². The highest BCUT2D eigenvalue weighted by molar-refractivity contribution is 7.17. The van der Waals surface area contributed by atoms with E-state index in [0.29, 0.717) is 33.9 Å². The molecule has 0 unspecified atom stereocenters. The van der Waals surface area contributed by atoms with Crippen LogP contribution in [0.3, 0.4) is 0 Å². The van der Waals surface area contributed by atoms with Gasteiger partial charge in [0, 0.05) is 25.2 Å². The summed E-state index contributed by atoms with van der Waals surface area (Å²) in [6.07, 6.45) is 0.416. The molecule has 4 aromatic rings. The first-order valence-corrected chi connectivity index (χ1v) is 13.4. The fourth-order valence-electron chi connectivity index (χ4n) is 4.56. The quantitative estimate of drug-likeness (QED) is 0.331. The predicted octanol–water partition coefficient (Wildman–Crippen LogP) is 3.31. The van der Waals surface area contributed by atoms with Crippen LogP contribution in [0.2, 0.25) is 0 Å². The van der Waals surface area contributed by atoms with Crippen molar-refractivity contribution in [1.82, 2.24) is 14.5 Å². The van der Waals surface area contributed by atoms with Crippen molar-refractivity contribution < 1.29 is 19.1 Å². The van der Waals surface area contributed by atoms with Gasteiger partial charge in [0.2, 0.25) is 18.6 Å². The van der Waals surface area contributed by atoms with Gasteiger partial charge in [-0.05, 0) is 60.5 Å². The van der Waals surface area contributed by atoms with Gasteiger partial charge >= 0.3 is 5.69 Å². The Balaban J connectivity index is 1.25. The van der Waals surface area contributed by atoms with E-state index in [1.165, 1.54) is 15.9 Å². The van der Waals surface area contributed by atoms with E-state index in [-0.39, 0.29) is 44.5 Å². The summed E-state index contributed by atoms with van der Waals surface area (Å²) in [5, 5.41) is 7.46. The SMILES string of the molecule is Cc1cccc(C)c1NC(=O)Cn1c(=O)n(CCCC(=O)NCc2ccc3c(c2)OCO3)c(=O)c2sccc21. The molecule has 0 saturated carbocycles. The summed E-state index contributed by atoms with van der Waals surface area (Å²) in [6, 6.07) is 12.8. The van der Waals surface area contributed by atoms with Gasteiger partial charge in [0.25, 0.3) is 5.56 Å². The van der Waals surface area contributed by atoms with Crippen molar-refractivity contribution in [2.75, 3.05) is 12.1 Å². The second kappa shape index (κ2) is 11.2. The number of anilines is 1. The Bertz CT molecular complexity index is 1670. The lowest BCUT2D eigenvalue weighted by molar-refractivity contribution is -0.121. The fraction of sp³-hybridized carbons (Fsp3) is 0.286. The second-order valence-electron chi connectivity index (χ2n) is 9.34. The molecular weight excluding hydrogens is 520 g/mol. The molecule has 0 fully saturated rings. The smallest absolute Gasteiger partial charge is 0.332 e. The number of ether oxygens (including phenoxy) is 2. The number of aryl methyl sites for hydroxylation is 2. The van der Waals surface area contributed by atoms with Crippen LogP contribution in [-0.2, 0) is 29.2 Å². The Labute approximate surface area is 227 Å². The summed E-state index contributed by atoms with van der Waals surface area (Å²) in [5.41, 5.74) is 2.83. The van der Waals surface area contributed by atoms with Crippen molar-refractivity contribution in [2.45, 2.75) is 46.3 Å². The largest absolute Gasteiger partial charge is 0.454 e. The molecule has 1 aliphatic heterocycles. The zero-order valence-corrected chi connectivity index (χ0v) is 22.4. The van der Waals surface area contributed by atoms with Crippen LogP contribution in [0.1, 0.15) is 29.5 Å². The molecule has 2 amide bonds. The van der Waals surface area contributed by atoms with E-state index in [2.05, 4.69) is 10.6 Å². The molecule has 3 heterocycles. The van der Waals surface area contributed by atoms with Crippen LogP contribution in [0, 0.1) is 13.8 Å².